The number of carbonyl (C=O) groups is 2. The lowest BCUT2D eigenvalue weighted by molar-refractivity contribution is -0.136. The van der Waals surface area contributed by atoms with E-state index >= 15 is 0 Å². The fraction of sp³-hybridized carbons (Fsp3) is 0.158. The van der Waals surface area contributed by atoms with E-state index in [-0.39, 0.29) is 12.4 Å². The van der Waals surface area contributed by atoms with Gasteiger partial charge in [0.1, 0.15) is 13.2 Å². The molecule has 1 aliphatic rings. The lowest BCUT2D eigenvalue weighted by Gasteiger charge is -2.18. The summed E-state index contributed by atoms with van der Waals surface area (Å²) in [7, 11) is 0. The van der Waals surface area contributed by atoms with E-state index in [1.54, 1.807) is 48.5 Å². The van der Waals surface area contributed by atoms with E-state index < -0.39 is 5.97 Å². The Bertz CT molecular complexity index is 811. The van der Waals surface area contributed by atoms with Crippen molar-refractivity contribution >= 4 is 29.4 Å². The lowest BCUT2D eigenvalue weighted by Crippen LogP contribution is -2.15. The number of halogens is 1. The third-order valence-corrected chi connectivity index (χ3v) is 3.74. The Morgan fingerprint density at radius 3 is 2.52 bits per heavy atom. The zero-order chi connectivity index (χ0) is 17.6. The van der Waals surface area contributed by atoms with E-state index in [0.29, 0.717) is 35.3 Å². The molecule has 0 atom stereocenters. The van der Waals surface area contributed by atoms with Gasteiger partial charge < -0.3 is 14.2 Å². The van der Waals surface area contributed by atoms with Gasteiger partial charge in [0.25, 0.3) is 0 Å². The van der Waals surface area contributed by atoms with Crippen LogP contribution in [0.2, 0.25) is 5.02 Å². The Morgan fingerprint density at radius 1 is 1.04 bits per heavy atom. The smallest absolute Gasteiger partial charge is 0.331 e. The first-order chi connectivity index (χ1) is 12.1. The number of rotatable bonds is 5. The van der Waals surface area contributed by atoms with Gasteiger partial charge >= 0.3 is 5.97 Å². The average Bonchev–Trinajstić information content (AvgIpc) is 2.65. The highest BCUT2D eigenvalue weighted by Gasteiger charge is 2.11. The molecule has 3 rings (SSSR count). The second kappa shape index (κ2) is 7.85. The summed E-state index contributed by atoms with van der Waals surface area (Å²) in [4.78, 5) is 23.7. The molecule has 0 N–H and O–H groups in total. The van der Waals surface area contributed by atoms with Crippen LogP contribution in [0.1, 0.15) is 15.9 Å². The number of fused-ring (bicyclic) bond motifs is 1. The number of benzene rings is 2. The number of hydrogen-bond donors (Lipinski definition) is 0. The highest BCUT2D eigenvalue weighted by atomic mass is 35.5. The summed E-state index contributed by atoms with van der Waals surface area (Å²) in [6, 6.07) is 11.8. The molecule has 0 aromatic heterocycles. The van der Waals surface area contributed by atoms with Crippen LogP contribution in [0.15, 0.2) is 48.5 Å². The van der Waals surface area contributed by atoms with Crippen molar-refractivity contribution in [3.05, 3.63) is 64.7 Å². The number of esters is 1. The lowest BCUT2D eigenvalue weighted by atomic mass is 10.1. The van der Waals surface area contributed by atoms with E-state index in [9.17, 15) is 9.59 Å². The fourth-order valence-electron chi connectivity index (χ4n) is 2.23. The van der Waals surface area contributed by atoms with Crippen molar-refractivity contribution in [2.75, 3.05) is 19.8 Å². The third kappa shape index (κ3) is 4.61. The van der Waals surface area contributed by atoms with E-state index in [1.807, 2.05) is 0 Å². The first-order valence-corrected chi connectivity index (χ1v) is 8.03. The Kier molecular flexibility index (Phi) is 5.36. The van der Waals surface area contributed by atoms with Crippen LogP contribution < -0.4 is 9.47 Å². The summed E-state index contributed by atoms with van der Waals surface area (Å²) in [5.41, 5.74) is 1.21. The number of Topliss-reactive ketones (excluding diaryl/α,β-unsaturated/α-hetero) is 1. The SMILES string of the molecule is O=C(/C=C/c1ccc2c(c1)OCCO2)OCC(=O)c1ccc(Cl)cc1. The van der Waals surface area contributed by atoms with Gasteiger partial charge in [0, 0.05) is 16.7 Å². The normalized spacial score (nSPS) is 12.8. The molecule has 2 aromatic rings. The fourth-order valence-corrected chi connectivity index (χ4v) is 2.36. The van der Waals surface area contributed by atoms with Crippen molar-refractivity contribution in [2.24, 2.45) is 0 Å². The van der Waals surface area contributed by atoms with Gasteiger partial charge in [-0.25, -0.2) is 4.79 Å². The van der Waals surface area contributed by atoms with Gasteiger partial charge in [-0.15, -0.1) is 0 Å². The Morgan fingerprint density at radius 2 is 1.76 bits per heavy atom. The van der Waals surface area contributed by atoms with Gasteiger partial charge in [0.2, 0.25) is 0 Å². The summed E-state index contributed by atoms with van der Waals surface area (Å²) in [5, 5.41) is 0.538. The molecule has 0 fully saturated rings. The zero-order valence-electron chi connectivity index (χ0n) is 13.2. The van der Waals surface area contributed by atoms with Crippen molar-refractivity contribution < 1.29 is 23.8 Å². The predicted octanol–water partition coefficient (Wildman–Crippen LogP) is 3.55. The van der Waals surface area contributed by atoms with Crippen LogP contribution in [0.5, 0.6) is 11.5 Å². The number of carbonyl (C=O) groups excluding carboxylic acids is 2. The van der Waals surface area contributed by atoms with E-state index in [4.69, 9.17) is 25.8 Å². The van der Waals surface area contributed by atoms with Crippen molar-refractivity contribution in [3.63, 3.8) is 0 Å². The largest absolute Gasteiger partial charge is 0.486 e. The second-order valence-electron chi connectivity index (χ2n) is 5.27. The molecule has 25 heavy (non-hydrogen) atoms. The van der Waals surface area contributed by atoms with Crippen molar-refractivity contribution in [2.45, 2.75) is 0 Å². The number of hydrogen-bond acceptors (Lipinski definition) is 5. The van der Waals surface area contributed by atoms with Crippen LogP contribution in [-0.4, -0.2) is 31.6 Å². The Balaban J connectivity index is 1.54. The Hall–Kier alpha value is -2.79. The summed E-state index contributed by atoms with van der Waals surface area (Å²) < 4.78 is 15.9. The van der Waals surface area contributed by atoms with Gasteiger partial charge in [-0.05, 0) is 48.0 Å². The predicted molar refractivity (Wildman–Crippen MR) is 93.2 cm³/mol. The molecule has 2 aromatic carbocycles. The molecule has 1 aliphatic heterocycles. The van der Waals surface area contributed by atoms with Gasteiger partial charge in [0.15, 0.2) is 23.9 Å². The summed E-state index contributed by atoms with van der Waals surface area (Å²) in [6.45, 7) is 0.692. The molecule has 1 heterocycles. The van der Waals surface area contributed by atoms with Crippen molar-refractivity contribution in [1.29, 1.82) is 0 Å². The maximum atomic E-state index is 11.9. The van der Waals surface area contributed by atoms with Crippen molar-refractivity contribution in [3.8, 4) is 11.5 Å². The molecule has 0 unspecified atom stereocenters. The molecule has 0 bridgehead atoms. The maximum absolute atomic E-state index is 11.9. The molecule has 0 radical (unpaired) electrons. The van der Waals surface area contributed by atoms with E-state index in [2.05, 4.69) is 0 Å². The van der Waals surface area contributed by atoms with Gasteiger partial charge in [-0.2, -0.15) is 0 Å². The molecule has 6 heteroatoms. The Labute approximate surface area is 149 Å². The number of ether oxygens (including phenoxy) is 3. The molecular weight excluding hydrogens is 344 g/mol. The minimum Gasteiger partial charge on any atom is -0.486 e. The molecule has 0 amide bonds. The van der Waals surface area contributed by atoms with Crippen LogP contribution in [-0.2, 0) is 9.53 Å². The third-order valence-electron chi connectivity index (χ3n) is 3.49. The monoisotopic (exact) mass is 358 g/mol. The maximum Gasteiger partial charge on any atom is 0.331 e. The minimum atomic E-state index is -0.600. The van der Waals surface area contributed by atoms with Crippen LogP contribution >= 0.6 is 11.6 Å². The van der Waals surface area contributed by atoms with Gasteiger partial charge in [0.05, 0.1) is 0 Å². The van der Waals surface area contributed by atoms with E-state index in [1.165, 1.54) is 6.08 Å². The van der Waals surface area contributed by atoms with Gasteiger partial charge in [-0.1, -0.05) is 17.7 Å². The molecule has 0 saturated heterocycles. The number of ketones is 1. The first kappa shape index (κ1) is 17.0. The zero-order valence-corrected chi connectivity index (χ0v) is 14.0. The molecular formula is C19H15ClO5. The summed E-state index contributed by atoms with van der Waals surface area (Å²) in [6.07, 6.45) is 2.86. The first-order valence-electron chi connectivity index (χ1n) is 7.65. The summed E-state index contributed by atoms with van der Waals surface area (Å²) in [5.74, 6) is 0.425. The quantitative estimate of drug-likeness (QED) is 0.464. The molecule has 0 spiro atoms. The highest BCUT2D eigenvalue weighted by molar-refractivity contribution is 6.30. The van der Waals surface area contributed by atoms with Crippen molar-refractivity contribution in [1.82, 2.24) is 0 Å². The molecule has 128 valence electrons. The topological polar surface area (TPSA) is 61.8 Å². The van der Waals surface area contributed by atoms with Crippen LogP contribution in [0, 0.1) is 0 Å². The molecule has 0 saturated carbocycles. The minimum absolute atomic E-state index is 0.294. The standard InChI is InChI=1S/C19H15ClO5/c20-15-5-3-14(4-6-15)16(21)12-25-19(22)8-2-13-1-7-17-18(11-13)24-10-9-23-17/h1-8,11H,9-10,12H2/b8-2+. The average molecular weight is 359 g/mol. The van der Waals surface area contributed by atoms with Crippen LogP contribution in [0.4, 0.5) is 0 Å². The van der Waals surface area contributed by atoms with E-state index in [0.717, 1.165) is 5.56 Å². The van der Waals surface area contributed by atoms with Crippen LogP contribution in [0.3, 0.4) is 0 Å². The molecule has 5 nitrogen and oxygen atoms in total. The highest BCUT2D eigenvalue weighted by Crippen LogP contribution is 2.31. The summed E-state index contributed by atoms with van der Waals surface area (Å²) >= 11 is 5.77. The van der Waals surface area contributed by atoms with Crippen LogP contribution in [0.25, 0.3) is 6.08 Å². The second-order valence-corrected chi connectivity index (χ2v) is 5.71. The van der Waals surface area contributed by atoms with Gasteiger partial charge in [-0.3, -0.25) is 4.79 Å². The molecule has 0 aliphatic carbocycles.